The minimum absolute atomic E-state index is 0.620. The first kappa shape index (κ1) is 18.3. The highest BCUT2D eigenvalue weighted by molar-refractivity contribution is 7.78. The Morgan fingerprint density at radius 1 is 1.08 bits per heavy atom. The van der Waals surface area contributed by atoms with E-state index in [9.17, 15) is 0 Å². The molecule has 0 bridgehead atoms. The van der Waals surface area contributed by atoms with Crippen LogP contribution in [0.2, 0.25) is 5.02 Å². The molecule has 130 valence electrons. The molecule has 1 nitrogen and oxygen atoms in total. The van der Waals surface area contributed by atoms with Crippen molar-refractivity contribution in [1.82, 2.24) is 0 Å². The van der Waals surface area contributed by atoms with Gasteiger partial charge in [0.1, 0.15) is 0 Å². The first-order chi connectivity index (χ1) is 12.1. The largest absolute Gasteiger partial charge is 0.193 e. The number of hydrogen-bond acceptors (Lipinski definition) is 2. The highest BCUT2D eigenvalue weighted by Crippen LogP contribution is 2.38. The van der Waals surface area contributed by atoms with Crippen LogP contribution < -0.4 is 0 Å². The molecule has 0 radical (unpaired) electrons. The number of hydrogen-bond donors (Lipinski definition) is 0. The number of halogens is 1. The fourth-order valence-corrected chi connectivity index (χ4v) is 4.34. The van der Waals surface area contributed by atoms with Crippen LogP contribution in [0, 0.1) is 12.8 Å². The minimum Gasteiger partial charge on any atom is -0.193 e. The molecule has 2 aromatic carbocycles. The monoisotopic (exact) mass is 369 g/mol. The quantitative estimate of drug-likeness (QED) is 0.396. The molecule has 3 rings (SSSR count). The molecule has 0 heterocycles. The number of nitrogens with zero attached hydrogens (tertiary/aromatic N) is 1. The van der Waals surface area contributed by atoms with Crippen molar-refractivity contribution < 1.29 is 0 Å². The minimum atomic E-state index is 0.620. The molecule has 2 aromatic rings. The predicted octanol–water partition coefficient (Wildman–Crippen LogP) is 7.73. The third-order valence-corrected chi connectivity index (χ3v) is 5.93. The Labute approximate surface area is 161 Å². The van der Waals surface area contributed by atoms with Crippen LogP contribution in [0.5, 0.6) is 0 Å². The van der Waals surface area contributed by atoms with Gasteiger partial charge in [-0.3, -0.25) is 0 Å². The number of thiocarbonyl (C=S) groups is 1. The number of rotatable bonds is 4. The van der Waals surface area contributed by atoms with Gasteiger partial charge in [0.15, 0.2) is 0 Å². The summed E-state index contributed by atoms with van der Waals surface area (Å²) < 4.78 is 0. The summed E-state index contributed by atoms with van der Waals surface area (Å²) in [4.78, 5) is 4.06. The van der Waals surface area contributed by atoms with Crippen molar-refractivity contribution in [3.63, 3.8) is 0 Å². The molecular weight excluding hydrogens is 346 g/mol. The Morgan fingerprint density at radius 2 is 1.76 bits per heavy atom. The summed E-state index contributed by atoms with van der Waals surface area (Å²) in [5.41, 5.74) is 5.51. The van der Waals surface area contributed by atoms with E-state index in [1.165, 1.54) is 43.2 Å². The number of isothiocyanates is 1. The molecule has 0 aromatic heterocycles. The first-order valence-corrected chi connectivity index (χ1v) is 9.89. The van der Waals surface area contributed by atoms with Gasteiger partial charge in [-0.25, -0.2) is 0 Å². The zero-order chi connectivity index (χ0) is 17.8. The summed E-state index contributed by atoms with van der Waals surface area (Å²) in [6.07, 6.45) is 6.73. The third-order valence-electron chi connectivity index (χ3n) is 5.55. The fraction of sp³-hybridized carbons (Fsp3) is 0.409. The van der Waals surface area contributed by atoms with Crippen molar-refractivity contribution in [1.29, 1.82) is 0 Å². The second kappa shape index (κ2) is 8.27. The summed E-state index contributed by atoms with van der Waals surface area (Å²) in [6.45, 7) is 4.32. The topological polar surface area (TPSA) is 12.4 Å². The second-order valence-electron chi connectivity index (χ2n) is 7.07. The van der Waals surface area contributed by atoms with Crippen LogP contribution >= 0.6 is 23.8 Å². The maximum Gasteiger partial charge on any atom is 0.0955 e. The Kier molecular flexibility index (Phi) is 6.06. The van der Waals surface area contributed by atoms with E-state index in [2.05, 4.69) is 47.4 Å². The van der Waals surface area contributed by atoms with E-state index >= 15 is 0 Å². The molecule has 1 fully saturated rings. The summed E-state index contributed by atoms with van der Waals surface area (Å²) >= 11 is 11.1. The Morgan fingerprint density at radius 3 is 2.32 bits per heavy atom. The fourth-order valence-electron chi connectivity index (χ4n) is 3.94. The normalized spacial score (nSPS) is 20.1. The van der Waals surface area contributed by atoms with Crippen LogP contribution in [0.25, 0.3) is 11.1 Å². The summed E-state index contributed by atoms with van der Waals surface area (Å²) in [6, 6.07) is 13.1. The highest BCUT2D eigenvalue weighted by Gasteiger charge is 2.21. The van der Waals surface area contributed by atoms with E-state index in [0.717, 1.165) is 23.0 Å². The second-order valence-corrected chi connectivity index (χ2v) is 7.66. The van der Waals surface area contributed by atoms with Crippen molar-refractivity contribution in [2.24, 2.45) is 10.9 Å². The van der Waals surface area contributed by atoms with Gasteiger partial charge in [-0.1, -0.05) is 49.2 Å². The van der Waals surface area contributed by atoms with Gasteiger partial charge in [0, 0.05) is 0 Å². The number of aryl methyl sites for hydroxylation is 1. The van der Waals surface area contributed by atoms with Crippen LogP contribution in [0.1, 0.15) is 56.1 Å². The molecule has 0 amide bonds. The summed E-state index contributed by atoms with van der Waals surface area (Å²) in [7, 11) is 0. The molecule has 1 aliphatic rings. The molecular formula is C22H24ClNS. The molecule has 0 aliphatic heterocycles. The van der Waals surface area contributed by atoms with Gasteiger partial charge in [0.05, 0.1) is 15.9 Å². The van der Waals surface area contributed by atoms with Crippen LogP contribution in [0.15, 0.2) is 41.4 Å². The zero-order valence-corrected chi connectivity index (χ0v) is 16.5. The molecule has 1 aliphatic carbocycles. The lowest BCUT2D eigenvalue weighted by Crippen LogP contribution is -2.12. The Balaban J connectivity index is 1.80. The van der Waals surface area contributed by atoms with Crippen molar-refractivity contribution >= 4 is 34.7 Å². The van der Waals surface area contributed by atoms with E-state index in [-0.39, 0.29) is 0 Å². The van der Waals surface area contributed by atoms with Crippen LogP contribution in [-0.4, -0.2) is 5.16 Å². The standard InChI is InChI=1S/C22H24ClNS/c1-3-16-4-6-17(7-5-16)18-8-10-19(11-9-18)20-12-15(2)22(24-14-25)21(23)13-20/h8-13,16-17H,3-7H2,1-2H3. The smallest absolute Gasteiger partial charge is 0.0955 e. The maximum absolute atomic E-state index is 6.36. The van der Waals surface area contributed by atoms with Gasteiger partial charge in [-0.05, 0) is 91.0 Å². The third kappa shape index (κ3) is 4.20. The molecule has 0 spiro atoms. The Bertz CT molecular complexity index is 759. The summed E-state index contributed by atoms with van der Waals surface area (Å²) in [5.74, 6) is 1.66. The van der Waals surface area contributed by atoms with Crippen molar-refractivity contribution in [2.75, 3.05) is 0 Å². The molecule has 0 atom stereocenters. The SMILES string of the molecule is CCC1CCC(c2ccc(-c3cc(C)c(N=C=S)c(Cl)c3)cc2)CC1. The lowest BCUT2D eigenvalue weighted by atomic mass is 9.77. The lowest BCUT2D eigenvalue weighted by Gasteiger charge is -2.28. The molecule has 1 saturated carbocycles. The summed E-state index contributed by atoms with van der Waals surface area (Å²) in [5, 5.41) is 3.02. The van der Waals surface area contributed by atoms with E-state index in [4.69, 9.17) is 23.8 Å². The van der Waals surface area contributed by atoms with Gasteiger partial charge in [-0.2, -0.15) is 4.99 Å². The van der Waals surface area contributed by atoms with Gasteiger partial charge in [-0.15, -0.1) is 0 Å². The van der Waals surface area contributed by atoms with Gasteiger partial charge in [0.2, 0.25) is 0 Å². The van der Waals surface area contributed by atoms with Crippen molar-refractivity contribution in [3.05, 3.63) is 52.5 Å². The average Bonchev–Trinajstić information content (AvgIpc) is 2.65. The Hall–Kier alpha value is -1.47. The predicted molar refractivity (Wildman–Crippen MR) is 111 cm³/mol. The lowest BCUT2D eigenvalue weighted by molar-refractivity contribution is 0.319. The first-order valence-electron chi connectivity index (χ1n) is 9.10. The molecule has 0 unspecified atom stereocenters. The zero-order valence-electron chi connectivity index (χ0n) is 14.9. The van der Waals surface area contributed by atoms with Crippen molar-refractivity contribution in [2.45, 2.75) is 51.9 Å². The van der Waals surface area contributed by atoms with Gasteiger partial charge >= 0.3 is 0 Å². The average molecular weight is 370 g/mol. The molecule has 25 heavy (non-hydrogen) atoms. The van der Waals surface area contributed by atoms with Gasteiger partial charge in [0.25, 0.3) is 0 Å². The molecule has 0 saturated heterocycles. The van der Waals surface area contributed by atoms with Crippen LogP contribution in [0.3, 0.4) is 0 Å². The van der Waals surface area contributed by atoms with E-state index < -0.39 is 0 Å². The van der Waals surface area contributed by atoms with Crippen LogP contribution in [0.4, 0.5) is 5.69 Å². The number of benzene rings is 2. The van der Waals surface area contributed by atoms with E-state index in [1.54, 1.807) is 0 Å². The van der Waals surface area contributed by atoms with Crippen LogP contribution in [-0.2, 0) is 0 Å². The number of aliphatic imine (C=N–C) groups is 1. The van der Waals surface area contributed by atoms with Gasteiger partial charge < -0.3 is 0 Å². The van der Waals surface area contributed by atoms with Crippen molar-refractivity contribution in [3.8, 4) is 11.1 Å². The molecule has 3 heteroatoms. The molecule has 0 N–H and O–H groups in total. The van der Waals surface area contributed by atoms with E-state index in [1.807, 2.05) is 13.0 Å². The van der Waals surface area contributed by atoms with E-state index in [0.29, 0.717) is 10.7 Å². The highest BCUT2D eigenvalue weighted by atomic mass is 35.5. The maximum atomic E-state index is 6.36.